The van der Waals surface area contributed by atoms with Gasteiger partial charge in [-0.05, 0) is 6.42 Å². The molecule has 0 aliphatic heterocycles. The summed E-state index contributed by atoms with van der Waals surface area (Å²) in [4.78, 5) is 31.8. The third-order valence-corrected chi connectivity index (χ3v) is 1.19. The molecule has 0 bridgehead atoms. The fraction of sp³-hybridized carbons (Fsp3) is 0.571. The van der Waals surface area contributed by atoms with E-state index in [0.717, 1.165) is 4.90 Å². The standard InChI is InChI=1S/C7H11NO4/c1-2-3-7(11)8(4-9)5-12-6-10/h4,6H,2-3,5H2,1H3. The maximum atomic E-state index is 11.0. The van der Waals surface area contributed by atoms with Gasteiger partial charge in [-0.15, -0.1) is 0 Å². The van der Waals surface area contributed by atoms with Crippen molar-refractivity contribution in [3.8, 4) is 0 Å². The zero-order chi connectivity index (χ0) is 9.40. The number of hydrogen-bond acceptors (Lipinski definition) is 4. The van der Waals surface area contributed by atoms with Gasteiger partial charge in [-0.3, -0.25) is 19.3 Å². The van der Waals surface area contributed by atoms with E-state index in [1.807, 2.05) is 6.92 Å². The maximum absolute atomic E-state index is 11.0. The van der Waals surface area contributed by atoms with E-state index in [0.29, 0.717) is 12.8 Å². The Kier molecular flexibility index (Phi) is 5.60. The Labute approximate surface area is 70.3 Å². The Morgan fingerprint density at radius 3 is 2.58 bits per heavy atom. The van der Waals surface area contributed by atoms with Crippen molar-refractivity contribution < 1.29 is 19.1 Å². The summed E-state index contributed by atoms with van der Waals surface area (Å²) in [6.07, 6.45) is 1.28. The number of carbonyl (C=O) groups excluding carboxylic acids is 3. The van der Waals surface area contributed by atoms with Crippen LogP contribution in [0.5, 0.6) is 0 Å². The second-order valence-electron chi connectivity index (χ2n) is 2.11. The van der Waals surface area contributed by atoms with E-state index in [1.54, 1.807) is 0 Å². The molecular weight excluding hydrogens is 162 g/mol. The van der Waals surface area contributed by atoms with Gasteiger partial charge >= 0.3 is 0 Å². The molecular formula is C7H11NO4. The lowest BCUT2D eigenvalue weighted by atomic mass is 10.3. The first-order valence-electron chi connectivity index (χ1n) is 3.56. The van der Waals surface area contributed by atoms with Crippen LogP contribution in [0.25, 0.3) is 0 Å². The third-order valence-electron chi connectivity index (χ3n) is 1.19. The highest BCUT2D eigenvalue weighted by Crippen LogP contribution is 1.94. The van der Waals surface area contributed by atoms with Crippen molar-refractivity contribution in [2.45, 2.75) is 19.8 Å². The van der Waals surface area contributed by atoms with Crippen molar-refractivity contribution >= 4 is 18.8 Å². The first-order chi connectivity index (χ1) is 5.76. The quantitative estimate of drug-likeness (QED) is 0.415. The van der Waals surface area contributed by atoms with Crippen molar-refractivity contribution in [3.05, 3.63) is 0 Å². The van der Waals surface area contributed by atoms with Crippen LogP contribution in [0, 0.1) is 0 Å². The lowest BCUT2D eigenvalue weighted by molar-refractivity contribution is -0.147. The van der Waals surface area contributed by atoms with E-state index >= 15 is 0 Å². The summed E-state index contributed by atoms with van der Waals surface area (Å²) >= 11 is 0. The summed E-state index contributed by atoms with van der Waals surface area (Å²) in [5.74, 6) is -0.339. The van der Waals surface area contributed by atoms with E-state index in [9.17, 15) is 14.4 Å². The molecule has 2 amide bonds. The molecule has 0 heterocycles. The minimum atomic E-state index is -0.339. The number of carbonyl (C=O) groups is 3. The summed E-state index contributed by atoms with van der Waals surface area (Å²) in [5.41, 5.74) is 0. The van der Waals surface area contributed by atoms with Gasteiger partial charge in [-0.1, -0.05) is 6.92 Å². The van der Waals surface area contributed by atoms with Crippen LogP contribution in [0.15, 0.2) is 0 Å². The lowest BCUT2D eigenvalue weighted by Gasteiger charge is -2.12. The number of imide groups is 1. The van der Waals surface area contributed by atoms with Crippen LogP contribution in [-0.4, -0.2) is 30.4 Å². The Morgan fingerprint density at radius 1 is 1.50 bits per heavy atom. The van der Waals surface area contributed by atoms with Gasteiger partial charge in [0.25, 0.3) is 6.47 Å². The van der Waals surface area contributed by atoms with Crippen molar-refractivity contribution in [3.63, 3.8) is 0 Å². The van der Waals surface area contributed by atoms with Crippen molar-refractivity contribution in [1.82, 2.24) is 4.90 Å². The molecule has 0 N–H and O–H groups in total. The Hall–Kier alpha value is -1.39. The normalized spacial score (nSPS) is 8.75. The Morgan fingerprint density at radius 2 is 2.17 bits per heavy atom. The monoisotopic (exact) mass is 173 g/mol. The smallest absolute Gasteiger partial charge is 0.294 e. The lowest BCUT2D eigenvalue weighted by Crippen LogP contribution is -2.31. The first kappa shape index (κ1) is 10.6. The van der Waals surface area contributed by atoms with Gasteiger partial charge in [0.2, 0.25) is 12.3 Å². The summed E-state index contributed by atoms with van der Waals surface area (Å²) in [6.45, 7) is 1.71. The molecule has 0 atom stereocenters. The first-order valence-corrected chi connectivity index (χ1v) is 3.56. The Balaban J connectivity index is 3.86. The number of nitrogens with zero attached hydrogens (tertiary/aromatic N) is 1. The summed E-state index contributed by atoms with van der Waals surface area (Å²) in [6, 6.07) is 0. The van der Waals surface area contributed by atoms with E-state index < -0.39 is 0 Å². The Bertz CT molecular complexity index is 169. The zero-order valence-electron chi connectivity index (χ0n) is 6.86. The molecule has 0 spiro atoms. The van der Waals surface area contributed by atoms with Crippen LogP contribution in [0.3, 0.4) is 0 Å². The molecule has 5 heteroatoms. The van der Waals surface area contributed by atoms with Gasteiger partial charge in [-0.2, -0.15) is 0 Å². The number of rotatable bonds is 6. The predicted molar refractivity (Wildman–Crippen MR) is 39.8 cm³/mol. The largest absolute Gasteiger partial charge is 0.446 e. The molecule has 0 aromatic heterocycles. The molecule has 68 valence electrons. The highest BCUT2D eigenvalue weighted by Gasteiger charge is 2.10. The fourth-order valence-corrected chi connectivity index (χ4v) is 0.629. The molecule has 12 heavy (non-hydrogen) atoms. The topological polar surface area (TPSA) is 63.7 Å². The highest BCUT2D eigenvalue weighted by atomic mass is 16.5. The van der Waals surface area contributed by atoms with Crippen LogP contribution in [0.1, 0.15) is 19.8 Å². The van der Waals surface area contributed by atoms with Gasteiger partial charge in [0.05, 0.1) is 0 Å². The minimum absolute atomic E-state index is 0.190. The minimum Gasteiger partial charge on any atom is -0.446 e. The van der Waals surface area contributed by atoms with Crippen molar-refractivity contribution in [2.24, 2.45) is 0 Å². The molecule has 0 radical (unpaired) electrons. The van der Waals surface area contributed by atoms with E-state index in [1.165, 1.54) is 0 Å². The van der Waals surface area contributed by atoms with Crippen molar-refractivity contribution in [1.29, 1.82) is 0 Å². The average molecular weight is 173 g/mol. The van der Waals surface area contributed by atoms with Gasteiger partial charge in [0.15, 0.2) is 6.73 Å². The molecule has 0 unspecified atom stereocenters. The van der Waals surface area contributed by atoms with E-state index in [2.05, 4.69) is 4.74 Å². The summed E-state index contributed by atoms with van der Waals surface area (Å²) < 4.78 is 4.25. The second kappa shape index (κ2) is 6.33. The molecule has 0 fully saturated rings. The second-order valence-corrected chi connectivity index (χ2v) is 2.11. The number of ether oxygens (including phenoxy) is 1. The zero-order valence-corrected chi connectivity index (χ0v) is 6.86. The molecule has 0 aliphatic carbocycles. The molecule has 0 saturated carbocycles. The molecule has 0 aromatic rings. The molecule has 0 aromatic carbocycles. The summed E-state index contributed by atoms with van der Waals surface area (Å²) in [7, 11) is 0. The third kappa shape index (κ3) is 3.70. The van der Waals surface area contributed by atoms with Crippen LogP contribution < -0.4 is 0 Å². The SMILES string of the molecule is CCCC(=O)N(C=O)COC=O. The molecule has 5 nitrogen and oxygen atoms in total. The molecule has 0 saturated heterocycles. The van der Waals surface area contributed by atoms with Gasteiger partial charge in [0.1, 0.15) is 0 Å². The fourth-order valence-electron chi connectivity index (χ4n) is 0.629. The predicted octanol–water partition coefficient (Wildman–Crippen LogP) is -0.0980. The number of amides is 2. The van der Waals surface area contributed by atoms with E-state index in [-0.39, 0.29) is 25.5 Å². The van der Waals surface area contributed by atoms with E-state index in [4.69, 9.17) is 0 Å². The van der Waals surface area contributed by atoms with Crippen molar-refractivity contribution in [2.75, 3.05) is 6.73 Å². The molecule has 0 aliphatic rings. The van der Waals surface area contributed by atoms with Gasteiger partial charge in [0, 0.05) is 6.42 Å². The highest BCUT2D eigenvalue weighted by molar-refractivity contribution is 5.85. The van der Waals surface area contributed by atoms with Crippen LogP contribution in [0.4, 0.5) is 0 Å². The van der Waals surface area contributed by atoms with Crippen LogP contribution >= 0.6 is 0 Å². The van der Waals surface area contributed by atoms with Crippen LogP contribution in [0.2, 0.25) is 0 Å². The number of hydrogen-bond donors (Lipinski definition) is 0. The van der Waals surface area contributed by atoms with Gasteiger partial charge in [-0.25, -0.2) is 0 Å². The average Bonchev–Trinajstić information content (AvgIpc) is 2.06. The van der Waals surface area contributed by atoms with Gasteiger partial charge < -0.3 is 4.74 Å². The van der Waals surface area contributed by atoms with Crippen LogP contribution in [-0.2, 0) is 19.1 Å². The summed E-state index contributed by atoms with van der Waals surface area (Å²) in [5, 5.41) is 0. The maximum Gasteiger partial charge on any atom is 0.294 e. The molecule has 0 rings (SSSR count).